The average Bonchev–Trinajstić information content (AvgIpc) is 3.16. The number of methoxy groups -OCH3 is 1. The Balaban J connectivity index is 1.58. The summed E-state index contributed by atoms with van der Waals surface area (Å²) in [5.74, 6) is 0.0425. The molecule has 2 heterocycles. The van der Waals surface area contributed by atoms with E-state index in [2.05, 4.69) is 20.4 Å². The predicted molar refractivity (Wildman–Crippen MR) is 116 cm³/mol. The first-order chi connectivity index (χ1) is 14.5. The molecule has 0 spiro atoms. The number of fused-ring (bicyclic) bond motifs is 1. The van der Waals surface area contributed by atoms with Gasteiger partial charge in [0.25, 0.3) is 5.91 Å². The first-order valence-electron chi connectivity index (χ1n) is 9.91. The Morgan fingerprint density at radius 3 is 2.90 bits per heavy atom. The van der Waals surface area contributed by atoms with Crippen molar-refractivity contribution in [2.45, 2.75) is 37.8 Å². The lowest BCUT2D eigenvalue weighted by molar-refractivity contribution is 0.102. The van der Waals surface area contributed by atoms with E-state index in [1.807, 2.05) is 0 Å². The number of amides is 1. The number of aromatic nitrogens is 3. The lowest BCUT2D eigenvalue weighted by Crippen LogP contribution is -2.28. The largest absolute Gasteiger partial charge is 0.496 e. The summed E-state index contributed by atoms with van der Waals surface area (Å²) in [6, 6.07) is 5.60. The molecule has 1 aliphatic rings. The molecule has 2 aromatic heterocycles. The van der Waals surface area contributed by atoms with Crippen molar-refractivity contribution < 1.29 is 9.53 Å². The smallest absolute Gasteiger partial charge is 0.259 e. The molecule has 9 nitrogen and oxygen atoms in total. The molecule has 0 atom stereocenters. The fourth-order valence-corrected chi connectivity index (χ4v) is 3.61. The first kappa shape index (κ1) is 19.8. The topological polar surface area (TPSA) is 133 Å². The van der Waals surface area contributed by atoms with Crippen molar-refractivity contribution in [2.24, 2.45) is 10.7 Å². The molecule has 30 heavy (non-hydrogen) atoms. The SMILES string of the molecule is COc1cc(N)c(C=NC2CCC(N)CC2)cc1C(=O)Nc1cnn2cccnc12. The number of hydrogen-bond acceptors (Lipinski definition) is 7. The van der Waals surface area contributed by atoms with Crippen molar-refractivity contribution in [1.82, 2.24) is 14.6 Å². The predicted octanol–water partition coefficient (Wildman–Crippen LogP) is 2.26. The Labute approximate surface area is 174 Å². The van der Waals surface area contributed by atoms with Crippen LogP contribution in [0.1, 0.15) is 41.6 Å². The Bertz CT molecular complexity index is 1080. The van der Waals surface area contributed by atoms with Crippen LogP contribution in [0.2, 0.25) is 0 Å². The highest BCUT2D eigenvalue weighted by Crippen LogP contribution is 2.27. The van der Waals surface area contributed by atoms with E-state index in [-0.39, 0.29) is 18.0 Å². The number of carbonyl (C=O) groups excluding carboxylic acids is 1. The Morgan fingerprint density at radius 2 is 2.13 bits per heavy atom. The van der Waals surface area contributed by atoms with Gasteiger partial charge in [-0.05, 0) is 37.8 Å². The number of ether oxygens (including phenoxy) is 1. The zero-order valence-electron chi connectivity index (χ0n) is 16.8. The second-order valence-corrected chi connectivity index (χ2v) is 7.43. The number of nitrogens with zero attached hydrogens (tertiary/aromatic N) is 4. The van der Waals surface area contributed by atoms with Gasteiger partial charge in [-0.25, -0.2) is 9.50 Å². The van der Waals surface area contributed by atoms with Gasteiger partial charge in [-0.1, -0.05) is 0 Å². The summed E-state index contributed by atoms with van der Waals surface area (Å²) < 4.78 is 6.97. The molecular weight excluding hydrogens is 382 g/mol. The van der Waals surface area contributed by atoms with Crippen LogP contribution in [-0.4, -0.2) is 45.9 Å². The molecule has 0 aliphatic heterocycles. The van der Waals surface area contributed by atoms with Gasteiger partial charge in [-0.2, -0.15) is 5.10 Å². The number of aliphatic imine (C=N–C) groups is 1. The molecule has 156 valence electrons. The van der Waals surface area contributed by atoms with Gasteiger partial charge >= 0.3 is 0 Å². The van der Waals surface area contributed by atoms with Crippen LogP contribution in [0.3, 0.4) is 0 Å². The van der Waals surface area contributed by atoms with E-state index in [0.29, 0.717) is 33.9 Å². The highest BCUT2D eigenvalue weighted by molar-refractivity contribution is 6.09. The number of benzene rings is 1. The van der Waals surface area contributed by atoms with E-state index in [1.165, 1.54) is 7.11 Å². The maximum absolute atomic E-state index is 13.0. The molecule has 1 aliphatic carbocycles. The zero-order valence-corrected chi connectivity index (χ0v) is 16.8. The molecule has 3 aromatic rings. The van der Waals surface area contributed by atoms with E-state index in [0.717, 1.165) is 25.7 Å². The standard InChI is InChI=1S/C21H25N7O2/c1-30-19-10-17(23)13(11-25-15-5-3-14(22)4-6-15)9-16(19)21(29)27-18-12-26-28-8-2-7-24-20(18)28/h2,7-12,14-15H,3-6,22-23H2,1H3,(H,27,29). The third-order valence-electron chi connectivity index (χ3n) is 5.34. The number of nitrogens with one attached hydrogen (secondary N) is 1. The number of anilines is 2. The van der Waals surface area contributed by atoms with Crippen molar-refractivity contribution in [3.05, 3.63) is 47.9 Å². The fraction of sp³-hybridized carbons (Fsp3) is 0.333. The highest BCUT2D eigenvalue weighted by Gasteiger charge is 2.19. The summed E-state index contributed by atoms with van der Waals surface area (Å²) in [5, 5.41) is 7.03. The van der Waals surface area contributed by atoms with Crippen LogP contribution in [0.5, 0.6) is 5.75 Å². The van der Waals surface area contributed by atoms with E-state index in [9.17, 15) is 4.79 Å². The molecule has 1 saturated carbocycles. The molecule has 0 bridgehead atoms. The third kappa shape index (κ3) is 4.11. The molecule has 1 aromatic carbocycles. The quantitative estimate of drug-likeness (QED) is 0.439. The lowest BCUT2D eigenvalue weighted by atomic mass is 9.92. The van der Waals surface area contributed by atoms with Gasteiger partial charge in [0.05, 0.1) is 24.9 Å². The average molecular weight is 407 g/mol. The third-order valence-corrected chi connectivity index (χ3v) is 5.34. The van der Waals surface area contributed by atoms with Crippen LogP contribution in [0.25, 0.3) is 5.65 Å². The first-order valence-corrected chi connectivity index (χ1v) is 9.91. The van der Waals surface area contributed by atoms with Crippen LogP contribution in [-0.2, 0) is 0 Å². The molecule has 0 radical (unpaired) electrons. The number of nitrogen functional groups attached to an aromatic ring is 1. The molecule has 1 fully saturated rings. The summed E-state index contributed by atoms with van der Waals surface area (Å²) in [4.78, 5) is 21.9. The minimum Gasteiger partial charge on any atom is -0.496 e. The molecule has 4 rings (SSSR count). The second kappa shape index (κ2) is 8.50. The van der Waals surface area contributed by atoms with E-state index >= 15 is 0 Å². The van der Waals surface area contributed by atoms with Gasteiger partial charge in [0.15, 0.2) is 5.65 Å². The number of carbonyl (C=O) groups is 1. The fourth-order valence-electron chi connectivity index (χ4n) is 3.61. The molecule has 9 heteroatoms. The van der Waals surface area contributed by atoms with Gasteiger partial charge in [-0.15, -0.1) is 0 Å². The van der Waals surface area contributed by atoms with E-state index in [1.54, 1.807) is 47.5 Å². The zero-order chi connectivity index (χ0) is 21.1. The minimum atomic E-state index is -0.342. The summed E-state index contributed by atoms with van der Waals surface area (Å²) in [7, 11) is 1.50. The molecular formula is C21H25N7O2. The van der Waals surface area contributed by atoms with Crippen LogP contribution < -0.4 is 21.5 Å². The van der Waals surface area contributed by atoms with Crippen molar-refractivity contribution in [3.63, 3.8) is 0 Å². The van der Waals surface area contributed by atoms with Gasteiger partial charge in [-0.3, -0.25) is 9.79 Å². The Morgan fingerprint density at radius 1 is 1.33 bits per heavy atom. The van der Waals surface area contributed by atoms with Crippen LogP contribution in [0, 0.1) is 0 Å². The number of rotatable bonds is 5. The maximum Gasteiger partial charge on any atom is 0.259 e. The highest BCUT2D eigenvalue weighted by atomic mass is 16.5. The summed E-state index contributed by atoms with van der Waals surface area (Å²) in [6.45, 7) is 0. The molecule has 5 N–H and O–H groups in total. The van der Waals surface area contributed by atoms with Gasteiger partial charge in [0.2, 0.25) is 0 Å². The summed E-state index contributed by atoms with van der Waals surface area (Å²) >= 11 is 0. The van der Waals surface area contributed by atoms with E-state index < -0.39 is 0 Å². The second-order valence-electron chi connectivity index (χ2n) is 7.43. The normalized spacial score (nSPS) is 19.3. The Kier molecular flexibility index (Phi) is 5.62. The van der Waals surface area contributed by atoms with Crippen molar-refractivity contribution in [2.75, 3.05) is 18.2 Å². The van der Waals surface area contributed by atoms with Gasteiger partial charge in [0.1, 0.15) is 11.4 Å². The molecule has 0 saturated heterocycles. The summed E-state index contributed by atoms with van der Waals surface area (Å²) in [6.07, 6.45) is 10.6. The van der Waals surface area contributed by atoms with Crippen molar-refractivity contribution >= 4 is 29.1 Å². The van der Waals surface area contributed by atoms with Gasteiger partial charge in [0, 0.05) is 42.0 Å². The Hall–Kier alpha value is -3.46. The van der Waals surface area contributed by atoms with Crippen LogP contribution in [0.4, 0.5) is 11.4 Å². The van der Waals surface area contributed by atoms with Crippen molar-refractivity contribution in [1.29, 1.82) is 0 Å². The minimum absolute atomic E-state index is 0.230. The maximum atomic E-state index is 13.0. The monoisotopic (exact) mass is 407 g/mol. The molecule has 0 unspecified atom stereocenters. The van der Waals surface area contributed by atoms with Crippen molar-refractivity contribution in [3.8, 4) is 5.75 Å². The van der Waals surface area contributed by atoms with E-state index in [4.69, 9.17) is 16.2 Å². The number of nitrogens with two attached hydrogens (primary N) is 2. The summed E-state index contributed by atoms with van der Waals surface area (Å²) in [5.41, 5.74) is 14.7. The molecule has 1 amide bonds. The van der Waals surface area contributed by atoms with Crippen LogP contribution >= 0.6 is 0 Å². The lowest BCUT2D eigenvalue weighted by Gasteiger charge is -2.23. The number of hydrogen-bond donors (Lipinski definition) is 3. The van der Waals surface area contributed by atoms with Crippen LogP contribution in [0.15, 0.2) is 41.8 Å². The van der Waals surface area contributed by atoms with Gasteiger partial charge < -0.3 is 21.5 Å².